The van der Waals surface area contributed by atoms with E-state index in [2.05, 4.69) is 5.32 Å². The van der Waals surface area contributed by atoms with Crippen LogP contribution >= 0.6 is 34.8 Å². The molecule has 0 bridgehead atoms. The third-order valence-corrected chi connectivity index (χ3v) is 5.41. The zero-order valence-electron chi connectivity index (χ0n) is 13.4. The first-order chi connectivity index (χ1) is 11.6. The van der Waals surface area contributed by atoms with Crippen LogP contribution in [0.1, 0.15) is 5.56 Å². The molecule has 0 heterocycles. The van der Waals surface area contributed by atoms with Gasteiger partial charge in [-0.3, -0.25) is 9.10 Å². The first-order valence-corrected chi connectivity index (χ1v) is 10.0. The van der Waals surface area contributed by atoms with Gasteiger partial charge in [0, 0.05) is 15.7 Å². The number of nitrogens with one attached hydrogen (secondary N) is 1. The van der Waals surface area contributed by atoms with Crippen molar-refractivity contribution in [2.75, 3.05) is 22.4 Å². The summed E-state index contributed by atoms with van der Waals surface area (Å²) in [4.78, 5) is 12.3. The van der Waals surface area contributed by atoms with Gasteiger partial charge in [-0.2, -0.15) is 0 Å². The van der Waals surface area contributed by atoms with E-state index >= 15 is 0 Å². The lowest BCUT2D eigenvalue weighted by atomic mass is 10.2. The maximum absolute atomic E-state index is 12.3. The van der Waals surface area contributed by atoms with Crippen LogP contribution in [0, 0.1) is 6.92 Å². The number of halogens is 3. The molecule has 0 unspecified atom stereocenters. The topological polar surface area (TPSA) is 66.5 Å². The molecule has 1 amide bonds. The molecule has 0 fully saturated rings. The summed E-state index contributed by atoms with van der Waals surface area (Å²) >= 11 is 18.0. The predicted octanol–water partition coefficient (Wildman–Crippen LogP) is 4.36. The number of rotatable bonds is 5. The SMILES string of the molecule is Cc1ccc(NC(=O)CN(c2cc(Cl)ccc2Cl)S(C)(=O)=O)cc1Cl. The second-order valence-corrected chi connectivity index (χ2v) is 8.54. The highest BCUT2D eigenvalue weighted by molar-refractivity contribution is 7.92. The maximum Gasteiger partial charge on any atom is 0.245 e. The predicted molar refractivity (Wildman–Crippen MR) is 103 cm³/mol. The molecule has 0 saturated carbocycles. The van der Waals surface area contributed by atoms with Crippen LogP contribution in [-0.2, 0) is 14.8 Å². The Bertz CT molecular complexity index is 917. The Morgan fingerprint density at radius 3 is 2.36 bits per heavy atom. The van der Waals surface area contributed by atoms with Crippen LogP contribution in [-0.4, -0.2) is 27.1 Å². The number of benzene rings is 2. The number of aryl methyl sites for hydroxylation is 1. The summed E-state index contributed by atoms with van der Waals surface area (Å²) in [6, 6.07) is 9.40. The third-order valence-electron chi connectivity index (χ3n) is 3.32. The maximum atomic E-state index is 12.3. The molecule has 0 saturated heterocycles. The molecule has 0 atom stereocenters. The molecule has 2 aromatic carbocycles. The Morgan fingerprint density at radius 2 is 1.76 bits per heavy atom. The van der Waals surface area contributed by atoms with Crippen molar-refractivity contribution < 1.29 is 13.2 Å². The van der Waals surface area contributed by atoms with Gasteiger partial charge in [0.15, 0.2) is 0 Å². The van der Waals surface area contributed by atoms with Crippen LogP contribution in [0.5, 0.6) is 0 Å². The standard InChI is InChI=1S/C16H15Cl3N2O3S/c1-10-3-5-12(8-14(10)19)20-16(22)9-21(25(2,23)24)15-7-11(17)4-6-13(15)18/h3-8H,9H2,1-2H3,(H,20,22). The van der Waals surface area contributed by atoms with Crippen LogP contribution in [0.15, 0.2) is 36.4 Å². The molecule has 0 radical (unpaired) electrons. The Morgan fingerprint density at radius 1 is 1.08 bits per heavy atom. The summed E-state index contributed by atoms with van der Waals surface area (Å²) in [7, 11) is -3.76. The van der Waals surface area contributed by atoms with Gasteiger partial charge >= 0.3 is 0 Å². The summed E-state index contributed by atoms with van der Waals surface area (Å²) in [6.07, 6.45) is 0.986. The van der Waals surface area contributed by atoms with Crippen LogP contribution in [0.3, 0.4) is 0 Å². The first-order valence-electron chi connectivity index (χ1n) is 7.06. The van der Waals surface area contributed by atoms with Gasteiger partial charge in [0.2, 0.25) is 15.9 Å². The fourth-order valence-electron chi connectivity index (χ4n) is 2.06. The quantitative estimate of drug-likeness (QED) is 0.780. The Labute approximate surface area is 161 Å². The molecule has 0 aliphatic carbocycles. The van der Waals surface area contributed by atoms with Crippen molar-refractivity contribution in [1.29, 1.82) is 0 Å². The van der Waals surface area contributed by atoms with Crippen molar-refractivity contribution in [3.05, 3.63) is 57.0 Å². The fourth-order valence-corrected chi connectivity index (χ4v) is 3.54. The second kappa shape index (κ2) is 7.83. The number of anilines is 2. The smallest absolute Gasteiger partial charge is 0.245 e. The largest absolute Gasteiger partial charge is 0.324 e. The van der Waals surface area contributed by atoms with Gasteiger partial charge in [0.1, 0.15) is 6.54 Å². The van der Waals surface area contributed by atoms with Crippen LogP contribution in [0.25, 0.3) is 0 Å². The van der Waals surface area contributed by atoms with E-state index < -0.39 is 22.5 Å². The Hall–Kier alpha value is -1.47. The zero-order chi connectivity index (χ0) is 18.8. The molecular formula is C16H15Cl3N2O3S. The number of carbonyl (C=O) groups excluding carboxylic acids is 1. The number of hydrogen-bond acceptors (Lipinski definition) is 3. The van der Waals surface area contributed by atoms with E-state index in [-0.39, 0.29) is 10.7 Å². The van der Waals surface area contributed by atoms with Gasteiger partial charge in [-0.1, -0.05) is 40.9 Å². The van der Waals surface area contributed by atoms with Crippen LogP contribution in [0.4, 0.5) is 11.4 Å². The molecule has 134 valence electrons. The van der Waals surface area contributed by atoms with Crippen molar-refractivity contribution in [2.45, 2.75) is 6.92 Å². The summed E-state index contributed by atoms with van der Waals surface area (Å²) in [6.45, 7) is 1.38. The Kier molecular flexibility index (Phi) is 6.21. The summed E-state index contributed by atoms with van der Waals surface area (Å²) < 4.78 is 25.1. The van der Waals surface area contributed by atoms with E-state index in [9.17, 15) is 13.2 Å². The summed E-state index contributed by atoms with van der Waals surface area (Å²) in [5.74, 6) is -0.540. The molecule has 0 aliphatic rings. The number of carbonyl (C=O) groups is 1. The van der Waals surface area contributed by atoms with Crippen LogP contribution in [0.2, 0.25) is 15.1 Å². The molecule has 0 spiro atoms. The second-order valence-electron chi connectivity index (χ2n) is 5.38. The van der Waals surface area contributed by atoms with Crippen molar-refractivity contribution in [2.24, 2.45) is 0 Å². The van der Waals surface area contributed by atoms with Gasteiger partial charge in [-0.25, -0.2) is 8.42 Å². The zero-order valence-corrected chi connectivity index (χ0v) is 16.5. The van der Waals surface area contributed by atoms with Crippen molar-refractivity contribution in [3.8, 4) is 0 Å². The molecule has 25 heavy (non-hydrogen) atoms. The van der Waals surface area contributed by atoms with Crippen LogP contribution < -0.4 is 9.62 Å². The lowest BCUT2D eigenvalue weighted by molar-refractivity contribution is -0.114. The van der Waals surface area contributed by atoms with Gasteiger partial charge in [-0.05, 0) is 42.8 Å². The molecule has 5 nitrogen and oxygen atoms in total. The average molecular weight is 422 g/mol. The molecule has 2 rings (SSSR count). The highest BCUT2D eigenvalue weighted by Crippen LogP contribution is 2.30. The van der Waals surface area contributed by atoms with E-state index in [1.165, 1.54) is 18.2 Å². The lowest BCUT2D eigenvalue weighted by Crippen LogP contribution is -2.37. The molecule has 2 aromatic rings. The number of sulfonamides is 1. The highest BCUT2D eigenvalue weighted by Gasteiger charge is 2.23. The number of nitrogens with zero attached hydrogens (tertiary/aromatic N) is 1. The molecule has 1 N–H and O–H groups in total. The van der Waals surface area contributed by atoms with Crippen molar-refractivity contribution in [3.63, 3.8) is 0 Å². The molecule has 0 aromatic heterocycles. The summed E-state index contributed by atoms with van der Waals surface area (Å²) in [5, 5.41) is 3.58. The minimum absolute atomic E-state index is 0.133. The lowest BCUT2D eigenvalue weighted by Gasteiger charge is -2.23. The van der Waals surface area contributed by atoms with Crippen molar-refractivity contribution in [1.82, 2.24) is 0 Å². The first kappa shape index (κ1) is 19.8. The minimum Gasteiger partial charge on any atom is -0.324 e. The van der Waals surface area contributed by atoms with E-state index in [4.69, 9.17) is 34.8 Å². The van der Waals surface area contributed by atoms with Gasteiger partial charge in [0.05, 0.1) is 17.0 Å². The van der Waals surface area contributed by atoms with E-state index in [0.717, 1.165) is 16.1 Å². The van der Waals surface area contributed by atoms with E-state index in [1.54, 1.807) is 18.2 Å². The fraction of sp³-hybridized carbons (Fsp3) is 0.188. The average Bonchev–Trinajstić information content (AvgIpc) is 2.50. The van der Waals surface area contributed by atoms with E-state index in [0.29, 0.717) is 15.7 Å². The highest BCUT2D eigenvalue weighted by atomic mass is 35.5. The molecule has 9 heteroatoms. The molecule has 0 aliphatic heterocycles. The third kappa shape index (κ3) is 5.25. The van der Waals surface area contributed by atoms with Gasteiger partial charge < -0.3 is 5.32 Å². The minimum atomic E-state index is -3.76. The normalized spacial score (nSPS) is 11.2. The van der Waals surface area contributed by atoms with Gasteiger partial charge in [-0.15, -0.1) is 0 Å². The van der Waals surface area contributed by atoms with Crippen molar-refractivity contribution >= 4 is 62.1 Å². The number of amides is 1. The molecular weight excluding hydrogens is 407 g/mol. The van der Waals surface area contributed by atoms with Gasteiger partial charge in [0.25, 0.3) is 0 Å². The van der Waals surface area contributed by atoms with E-state index in [1.807, 2.05) is 6.92 Å². The number of hydrogen-bond donors (Lipinski definition) is 1. The Balaban J connectivity index is 2.27. The summed E-state index contributed by atoms with van der Waals surface area (Å²) in [5.41, 5.74) is 1.46. The monoisotopic (exact) mass is 420 g/mol.